The number of carbonyl (C=O) groups excluding carboxylic acids is 2. The summed E-state index contributed by atoms with van der Waals surface area (Å²) in [6, 6.07) is 6.77. The van der Waals surface area contributed by atoms with Crippen LogP contribution in [0, 0.1) is 0 Å². The van der Waals surface area contributed by atoms with Crippen molar-refractivity contribution < 1.29 is 28.5 Å². The summed E-state index contributed by atoms with van der Waals surface area (Å²) in [7, 11) is 1.48. The Labute approximate surface area is 123 Å². The second-order valence-electron chi connectivity index (χ2n) is 3.93. The minimum atomic E-state index is -0.803. The molecule has 0 aliphatic rings. The lowest BCUT2D eigenvalue weighted by molar-refractivity contribution is -0.137. The van der Waals surface area contributed by atoms with E-state index in [2.05, 4.69) is 6.58 Å². The maximum atomic E-state index is 11.5. The molecule has 0 N–H and O–H groups in total. The molecule has 21 heavy (non-hydrogen) atoms. The molecule has 0 saturated heterocycles. The van der Waals surface area contributed by atoms with Gasteiger partial charge in [-0.1, -0.05) is 18.7 Å². The number of ether oxygens (including phenoxy) is 4. The number of hydrogen-bond donors (Lipinski definition) is 0. The lowest BCUT2D eigenvalue weighted by Gasteiger charge is -2.09. The fourth-order valence-corrected chi connectivity index (χ4v) is 1.41. The topological polar surface area (TPSA) is 71.1 Å². The standard InChI is InChI=1S/C15H18O6/c1-3-14(16)19-10-6-7-11-20-15(17)21-13-9-5-4-8-12(13)18-2/h3-5,8-9H,1,6-7,10-11H2,2H3. The van der Waals surface area contributed by atoms with Crippen molar-refractivity contribution in [1.82, 2.24) is 0 Å². The predicted molar refractivity (Wildman–Crippen MR) is 75.4 cm³/mol. The lowest BCUT2D eigenvalue weighted by Crippen LogP contribution is -2.12. The van der Waals surface area contributed by atoms with Gasteiger partial charge in [0.05, 0.1) is 20.3 Å². The van der Waals surface area contributed by atoms with Crippen molar-refractivity contribution in [2.45, 2.75) is 12.8 Å². The average molecular weight is 294 g/mol. The number of methoxy groups -OCH3 is 1. The summed E-state index contributed by atoms with van der Waals surface area (Å²) in [4.78, 5) is 22.2. The summed E-state index contributed by atoms with van der Waals surface area (Å²) in [5.74, 6) is 0.280. The first-order valence-corrected chi connectivity index (χ1v) is 6.44. The van der Waals surface area contributed by atoms with Gasteiger partial charge in [0.25, 0.3) is 0 Å². The fourth-order valence-electron chi connectivity index (χ4n) is 1.41. The van der Waals surface area contributed by atoms with Crippen molar-refractivity contribution in [2.75, 3.05) is 20.3 Å². The Morgan fingerprint density at radius 3 is 2.33 bits per heavy atom. The third kappa shape index (κ3) is 6.47. The molecule has 1 rings (SSSR count). The molecule has 0 atom stereocenters. The van der Waals surface area contributed by atoms with Crippen molar-refractivity contribution in [1.29, 1.82) is 0 Å². The van der Waals surface area contributed by atoms with Gasteiger partial charge in [0.1, 0.15) is 0 Å². The van der Waals surface area contributed by atoms with Crippen LogP contribution in [0.4, 0.5) is 4.79 Å². The molecule has 0 aliphatic heterocycles. The third-order valence-electron chi connectivity index (χ3n) is 2.43. The van der Waals surface area contributed by atoms with Crippen LogP contribution in [0.25, 0.3) is 0 Å². The van der Waals surface area contributed by atoms with Crippen LogP contribution in [-0.4, -0.2) is 32.4 Å². The molecular weight excluding hydrogens is 276 g/mol. The SMILES string of the molecule is C=CC(=O)OCCCCOC(=O)Oc1ccccc1OC. The maximum Gasteiger partial charge on any atom is 0.513 e. The Balaban J connectivity index is 2.19. The van der Waals surface area contributed by atoms with Crippen LogP contribution in [0.1, 0.15) is 12.8 Å². The summed E-state index contributed by atoms with van der Waals surface area (Å²) in [6.45, 7) is 3.72. The molecule has 0 heterocycles. The van der Waals surface area contributed by atoms with Gasteiger partial charge in [-0.3, -0.25) is 0 Å². The number of carbonyl (C=O) groups is 2. The number of unbranched alkanes of at least 4 members (excludes halogenated alkanes) is 1. The molecule has 6 nitrogen and oxygen atoms in total. The summed E-state index contributed by atoms with van der Waals surface area (Å²) in [5, 5.41) is 0. The number of esters is 1. The Morgan fingerprint density at radius 2 is 1.71 bits per heavy atom. The molecule has 0 fully saturated rings. The number of para-hydroxylation sites is 2. The normalized spacial score (nSPS) is 9.57. The molecule has 114 valence electrons. The molecule has 0 unspecified atom stereocenters. The fraction of sp³-hybridized carbons (Fsp3) is 0.333. The first-order chi connectivity index (χ1) is 10.2. The molecule has 0 aromatic heterocycles. The molecule has 0 spiro atoms. The molecular formula is C15H18O6. The van der Waals surface area contributed by atoms with Gasteiger partial charge in [0.2, 0.25) is 0 Å². The highest BCUT2D eigenvalue weighted by molar-refractivity contribution is 5.81. The van der Waals surface area contributed by atoms with Gasteiger partial charge in [-0.15, -0.1) is 0 Å². The highest BCUT2D eigenvalue weighted by atomic mass is 16.7. The third-order valence-corrected chi connectivity index (χ3v) is 2.43. The van der Waals surface area contributed by atoms with Crippen LogP contribution < -0.4 is 9.47 Å². The van der Waals surface area contributed by atoms with Crippen LogP contribution in [0.2, 0.25) is 0 Å². The second kappa shape index (κ2) is 9.41. The number of benzene rings is 1. The smallest absolute Gasteiger partial charge is 0.493 e. The van der Waals surface area contributed by atoms with Crippen LogP contribution in [0.15, 0.2) is 36.9 Å². The molecule has 0 bridgehead atoms. The molecule has 0 amide bonds. The Kier molecular flexibility index (Phi) is 7.42. The van der Waals surface area contributed by atoms with E-state index in [1.807, 2.05) is 0 Å². The Morgan fingerprint density at radius 1 is 1.10 bits per heavy atom. The summed E-state index contributed by atoms with van der Waals surface area (Å²) in [5.41, 5.74) is 0. The largest absolute Gasteiger partial charge is 0.513 e. The molecule has 1 aromatic rings. The van der Waals surface area contributed by atoms with Gasteiger partial charge >= 0.3 is 12.1 Å². The molecule has 0 aliphatic carbocycles. The van der Waals surface area contributed by atoms with Crippen molar-refractivity contribution in [3.05, 3.63) is 36.9 Å². The van der Waals surface area contributed by atoms with Crippen molar-refractivity contribution in [3.63, 3.8) is 0 Å². The number of hydrogen-bond acceptors (Lipinski definition) is 6. The van der Waals surface area contributed by atoms with Crippen LogP contribution >= 0.6 is 0 Å². The summed E-state index contributed by atoms with van der Waals surface area (Å²) in [6.07, 6.45) is 1.44. The van der Waals surface area contributed by atoms with Gasteiger partial charge in [-0.25, -0.2) is 9.59 Å². The number of rotatable bonds is 8. The van der Waals surface area contributed by atoms with Gasteiger partial charge in [0.15, 0.2) is 11.5 Å². The van der Waals surface area contributed by atoms with Crippen molar-refractivity contribution >= 4 is 12.1 Å². The van der Waals surface area contributed by atoms with Gasteiger partial charge in [-0.05, 0) is 25.0 Å². The van der Waals surface area contributed by atoms with E-state index in [1.165, 1.54) is 7.11 Å². The second-order valence-corrected chi connectivity index (χ2v) is 3.93. The van der Waals surface area contributed by atoms with E-state index in [-0.39, 0.29) is 13.2 Å². The van der Waals surface area contributed by atoms with Crippen LogP contribution in [-0.2, 0) is 14.3 Å². The van der Waals surface area contributed by atoms with Crippen LogP contribution in [0.3, 0.4) is 0 Å². The lowest BCUT2D eigenvalue weighted by atomic mass is 10.3. The quantitative estimate of drug-likeness (QED) is 0.318. The summed E-state index contributed by atoms with van der Waals surface area (Å²) < 4.78 is 19.7. The molecule has 0 saturated carbocycles. The van der Waals surface area contributed by atoms with E-state index >= 15 is 0 Å². The first kappa shape index (κ1) is 16.6. The molecule has 6 heteroatoms. The maximum absolute atomic E-state index is 11.5. The van der Waals surface area contributed by atoms with E-state index in [0.29, 0.717) is 24.3 Å². The minimum absolute atomic E-state index is 0.180. The highest BCUT2D eigenvalue weighted by Gasteiger charge is 2.10. The Bertz CT molecular complexity index is 483. The van der Waals surface area contributed by atoms with E-state index in [0.717, 1.165) is 6.08 Å². The monoisotopic (exact) mass is 294 g/mol. The highest BCUT2D eigenvalue weighted by Crippen LogP contribution is 2.25. The first-order valence-electron chi connectivity index (χ1n) is 6.44. The van der Waals surface area contributed by atoms with Gasteiger partial charge < -0.3 is 18.9 Å². The molecule has 1 aromatic carbocycles. The molecule has 0 radical (unpaired) electrons. The zero-order valence-electron chi connectivity index (χ0n) is 11.9. The van der Waals surface area contributed by atoms with Gasteiger partial charge in [-0.2, -0.15) is 0 Å². The zero-order chi connectivity index (χ0) is 15.5. The Hall–Kier alpha value is -2.50. The predicted octanol–water partition coefficient (Wildman–Crippen LogP) is 2.72. The van der Waals surface area contributed by atoms with Crippen molar-refractivity contribution in [3.8, 4) is 11.5 Å². The zero-order valence-corrected chi connectivity index (χ0v) is 11.9. The van der Waals surface area contributed by atoms with Crippen molar-refractivity contribution in [2.24, 2.45) is 0 Å². The van der Waals surface area contributed by atoms with E-state index in [9.17, 15) is 9.59 Å². The van der Waals surface area contributed by atoms with E-state index in [4.69, 9.17) is 18.9 Å². The van der Waals surface area contributed by atoms with Gasteiger partial charge in [0, 0.05) is 6.08 Å². The van der Waals surface area contributed by atoms with E-state index < -0.39 is 12.1 Å². The van der Waals surface area contributed by atoms with Crippen LogP contribution in [0.5, 0.6) is 11.5 Å². The summed E-state index contributed by atoms with van der Waals surface area (Å²) >= 11 is 0. The average Bonchev–Trinajstić information content (AvgIpc) is 2.50. The minimum Gasteiger partial charge on any atom is -0.493 e. The van der Waals surface area contributed by atoms with E-state index in [1.54, 1.807) is 24.3 Å².